The monoisotopic (exact) mass is 705 g/mol. The summed E-state index contributed by atoms with van der Waals surface area (Å²) in [6.45, 7) is 0. The van der Waals surface area contributed by atoms with Gasteiger partial charge in [0.1, 0.15) is 0 Å². The van der Waals surface area contributed by atoms with Gasteiger partial charge in [-0.3, -0.25) is 0 Å². The maximum Gasteiger partial charge on any atom is 0.161 e. The molecule has 11 aromatic rings. The summed E-state index contributed by atoms with van der Waals surface area (Å²) in [5, 5.41) is 7.31. The standard InChI is InChI=1S/C50H31N3S/c1-3-13-32(14-4-1)33-25-27-35(28-26-33)44-31-45(52-50(51-44)42-22-11-16-34-15-7-8-19-37(34)42)43-23-12-21-40-41-30-29-39-38-20-9-10-24-46(38)53(36-17-5-2-6-18-36)47(39)49(41)54-48(40)43/h1-31H. The Morgan fingerprint density at radius 3 is 1.83 bits per heavy atom. The normalized spacial score (nSPS) is 11.7. The van der Waals surface area contributed by atoms with E-state index >= 15 is 0 Å². The molecule has 4 heteroatoms. The van der Waals surface area contributed by atoms with Gasteiger partial charge in [0.15, 0.2) is 5.82 Å². The van der Waals surface area contributed by atoms with Crippen LogP contribution in [0.2, 0.25) is 0 Å². The lowest BCUT2D eigenvalue weighted by molar-refractivity contribution is 1.19. The second-order valence-electron chi connectivity index (χ2n) is 13.7. The molecule has 11 rings (SSSR count). The number of fused-ring (bicyclic) bond motifs is 8. The Morgan fingerprint density at radius 1 is 0.389 bits per heavy atom. The molecule has 0 atom stereocenters. The minimum atomic E-state index is 0.719. The van der Waals surface area contributed by atoms with Crippen molar-refractivity contribution in [2.45, 2.75) is 0 Å². The van der Waals surface area contributed by atoms with Gasteiger partial charge in [-0.05, 0) is 46.2 Å². The van der Waals surface area contributed by atoms with Crippen LogP contribution in [0.1, 0.15) is 0 Å². The predicted molar refractivity (Wildman–Crippen MR) is 229 cm³/mol. The number of para-hydroxylation sites is 2. The zero-order valence-electron chi connectivity index (χ0n) is 29.1. The van der Waals surface area contributed by atoms with E-state index in [0.717, 1.165) is 45.0 Å². The van der Waals surface area contributed by atoms with E-state index in [2.05, 4.69) is 193 Å². The molecule has 54 heavy (non-hydrogen) atoms. The third kappa shape index (κ3) is 4.88. The van der Waals surface area contributed by atoms with E-state index in [1.807, 2.05) is 11.3 Å². The van der Waals surface area contributed by atoms with Crippen LogP contribution in [0.5, 0.6) is 0 Å². The zero-order chi connectivity index (χ0) is 35.6. The first-order valence-electron chi connectivity index (χ1n) is 18.2. The van der Waals surface area contributed by atoms with Crippen LogP contribution in [-0.4, -0.2) is 14.5 Å². The molecule has 0 unspecified atom stereocenters. The van der Waals surface area contributed by atoms with E-state index in [9.17, 15) is 0 Å². The van der Waals surface area contributed by atoms with Gasteiger partial charge in [-0.1, -0.05) is 164 Å². The van der Waals surface area contributed by atoms with Crippen molar-refractivity contribution in [3.05, 3.63) is 188 Å². The second kappa shape index (κ2) is 12.4. The average molecular weight is 706 g/mol. The molecule has 3 aromatic heterocycles. The Labute approximate surface area is 316 Å². The summed E-state index contributed by atoms with van der Waals surface area (Å²) >= 11 is 1.86. The second-order valence-corrected chi connectivity index (χ2v) is 14.8. The van der Waals surface area contributed by atoms with Gasteiger partial charge in [-0.2, -0.15) is 0 Å². The van der Waals surface area contributed by atoms with Gasteiger partial charge in [0.05, 0.1) is 27.1 Å². The maximum atomic E-state index is 5.39. The molecule has 0 saturated carbocycles. The fourth-order valence-corrected chi connectivity index (χ4v) is 9.45. The Balaban J connectivity index is 1.16. The fourth-order valence-electron chi connectivity index (χ4n) is 8.09. The number of hydrogen-bond donors (Lipinski definition) is 0. The van der Waals surface area contributed by atoms with Crippen LogP contribution >= 0.6 is 11.3 Å². The first-order chi connectivity index (χ1) is 26.8. The predicted octanol–water partition coefficient (Wildman–Crippen LogP) is 13.8. The molecule has 0 saturated heterocycles. The van der Waals surface area contributed by atoms with Gasteiger partial charge in [0, 0.05) is 48.6 Å². The highest BCUT2D eigenvalue weighted by atomic mass is 32.1. The van der Waals surface area contributed by atoms with Crippen molar-refractivity contribution in [2.75, 3.05) is 0 Å². The van der Waals surface area contributed by atoms with E-state index in [0.29, 0.717) is 0 Å². The lowest BCUT2D eigenvalue weighted by Crippen LogP contribution is -1.96. The molecule has 3 heterocycles. The van der Waals surface area contributed by atoms with Crippen LogP contribution in [0.25, 0.3) is 103 Å². The quantitative estimate of drug-likeness (QED) is 0.178. The van der Waals surface area contributed by atoms with Crippen molar-refractivity contribution in [2.24, 2.45) is 0 Å². The molecule has 0 fully saturated rings. The summed E-state index contributed by atoms with van der Waals surface area (Å²) in [7, 11) is 0. The summed E-state index contributed by atoms with van der Waals surface area (Å²) in [5.41, 5.74) is 11.0. The zero-order valence-corrected chi connectivity index (χ0v) is 30.0. The Hall–Kier alpha value is -6.88. The summed E-state index contributed by atoms with van der Waals surface area (Å²) < 4.78 is 4.93. The van der Waals surface area contributed by atoms with E-state index in [1.165, 1.54) is 58.5 Å². The SMILES string of the molecule is c1ccc(-c2ccc(-c3cc(-c4cccc5c4sc4c5ccc5c6ccccc6n(-c6ccccc6)c54)nc(-c4cccc5ccccc45)n3)cc2)cc1. The molecule has 0 aliphatic rings. The summed E-state index contributed by atoms with van der Waals surface area (Å²) in [5.74, 6) is 0.719. The van der Waals surface area contributed by atoms with E-state index in [-0.39, 0.29) is 0 Å². The van der Waals surface area contributed by atoms with Gasteiger partial charge in [0.25, 0.3) is 0 Å². The van der Waals surface area contributed by atoms with Crippen LogP contribution < -0.4 is 0 Å². The molecule has 0 radical (unpaired) electrons. The van der Waals surface area contributed by atoms with Crippen molar-refractivity contribution in [1.29, 1.82) is 0 Å². The van der Waals surface area contributed by atoms with E-state index < -0.39 is 0 Å². The first-order valence-corrected chi connectivity index (χ1v) is 19.1. The van der Waals surface area contributed by atoms with Gasteiger partial charge in [0.2, 0.25) is 0 Å². The maximum absolute atomic E-state index is 5.39. The molecule has 0 aliphatic carbocycles. The molecule has 3 nitrogen and oxygen atoms in total. The molecule has 0 amide bonds. The minimum Gasteiger partial charge on any atom is -0.308 e. The molecule has 0 N–H and O–H groups in total. The molecular formula is C50H31N3S. The number of nitrogens with zero attached hydrogens (tertiary/aromatic N) is 3. The van der Waals surface area contributed by atoms with Crippen LogP contribution in [0.15, 0.2) is 188 Å². The van der Waals surface area contributed by atoms with Crippen molar-refractivity contribution in [3.63, 3.8) is 0 Å². The Morgan fingerprint density at radius 2 is 0.981 bits per heavy atom. The number of benzene rings is 8. The van der Waals surface area contributed by atoms with Crippen LogP contribution in [0, 0.1) is 0 Å². The summed E-state index contributed by atoms with van der Waals surface area (Å²) in [4.78, 5) is 10.7. The van der Waals surface area contributed by atoms with Crippen LogP contribution in [-0.2, 0) is 0 Å². The first kappa shape index (κ1) is 30.7. The highest BCUT2D eigenvalue weighted by molar-refractivity contribution is 7.27. The minimum absolute atomic E-state index is 0.719. The van der Waals surface area contributed by atoms with Gasteiger partial charge in [-0.15, -0.1) is 11.3 Å². The van der Waals surface area contributed by atoms with Gasteiger partial charge in [-0.25, -0.2) is 9.97 Å². The number of aromatic nitrogens is 3. The lowest BCUT2D eigenvalue weighted by Gasteiger charge is -2.12. The van der Waals surface area contributed by atoms with Gasteiger partial charge < -0.3 is 4.57 Å². The lowest BCUT2D eigenvalue weighted by atomic mass is 10.0. The molecule has 0 aliphatic heterocycles. The topological polar surface area (TPSA) is 30.7 Å². The summed E-state index contributed by atoms with van der Waals surface area (Å²) in [6, 6.07) is 67.0. The van der Waals surface area contributed by atoms with Crippen molar-refractivity contribution < 1.29 is 0 Å². The Bertz CT molecular complexity index is 3190. The van der Waals surface area contributed by atoms with Crippen molar-refractivity contribution in [3.8, 4) is 50.7 Å². The Kier molecular flexibility index (Phi) is 7.04. The van der Waals surface area contributed by atoms with Crippen LogP contribution in [0.4, 0.5) is 0 Å². The largest absolute Gasteiger partial charge is 0.308 e. The van der Waals surface area contributed by atoms with Crippen molar-refractivity contribution >= 4 is 64.1 Å². The van der Waals surface area contributed by atoms with E-state index in [1.54, 1.807) is 0 Å². The highest BCUT2D eigenvalue weighted by Gasteiger charge is 2.20. The number of rotatable bonds is 5. The summed E-state index contributed by atoms with van der Waals surface area (Å²) in [6.07, 6.45) is 0. The van der Waals surface area contributed by atoms with Crippen LogP contribution in [0.3, 0.4) is 0 Å². The average Bonchev–Trinajstić information content (AvgIpc) is 3.80. The van der Waals surface area contributed by atoms with Crippen molar-refractivity contribution in [1.82, 2.24) is 14.5 Å². The highest BCUT2D eigenvalue weighted by Crippen LogP contribution is 2.46. The van der Waals surface area contributed by atoms with E-state index in [4.69, 9.17) is 9.97 Å². The van der Waals surface area contributed by atoms with Gasteiger partial charge >= 0.3 is 0 Å². The molecule has 8 aromatic carbocycles. The smallest absolute Gasteiger partial charge is 0.161 e. The molecular weight excluding hydrogens is 675 g/mol. The number of hydrogen-bond acceptors (Lipinski definition) is 3. The molecule has 0 spiro atoms. The molecule has 252 valence electrons. The third-order valence-electron chi connectivity index (χ3n) is 10.6. The fraction of sp³-hybridized carbons (Fsp3) is 0. The molecule has 0 bridgehead atoms. The third-order valence-corrected chi connectivity index (χ3v) is 11.9. The number of thiophene rings is 1.